The van der Waals surface area contributed by atoms with Crippen molar-refractivity contribution in [3.8, 4) is 0 Å². The summed E-state index contributed by atoms with van der Waals surface area (Å²) in [6.07, 6.45) is -7.88. The van der Waals surface area contributed by atoms with Gasteiger partial charge >= 0.3 is 17.9 Å². The van der Waals surface area contributed by atoms with Gasteiger partial charge in [-0.15, -0.1) is 0 Å². The Bertz CT molecular complexity index is 1570. The molecule has 1 saturated heterocycles. The third-order valence-corrected chi connectivity index (χ3v) is 6.25. The first-order valence-electron chi connectivity index (χ1n) is 13.6. The third kappa shape index (κ3) is 7.77. The van der Waals surface area contributed by atoms with Crippen LogP contribution in [0.15, 0.2) is 90.9 Å². The van der Waals surface area contributed by atoms with E-state index in [0.717, 1.165) is 0 Å². The first-order valence-corrected chi connectivity index (χ1v) is 13.2. The van der Waals surface area contributed by atoms with E-state index in [1.807, 2.05) is 0 Å². The van der Waals surface area contributed by atoms with Crippen LogP contribution in [-0.2, 0) is 23.7 Å². The molecule has 4 rings (SSSR count). The Hall–Kier alpha value is -3.63. The van der Waals surface area contributed by atoms with Gasteiger partial charge in [-0.2, -0.15) is 0 Å². The van der Waals surface area contributed by atoms with Gasteiger partial charge in [-0.3, -0.25) is 5.41 Å². The number of carbonyl (C=O) groups is 3. The van der Waals surface area contributed by atoms with Crippen LogP contribution in [0.4, 0.5) is 0 Å². The fourth-order valence-electron chi connectivity index (χ4n) is 3.79. The Labute approximate surface area is 254 Å². The lowest BCUT2D eigenvalue weighted by Gasteiger charge is -2.43. The van der Waals surface area contributed by atoms with E-state index in [4.69, 9.17) is 68.0 Å². The highest BCUT2D eigenvalue weighted by molar-refractivity contribution is 6.76. The molecule has 1 fully saturated rings. The second kappa shape index (κ2) is 13.4. The van der Waals surface area contributed by atoms with E-state index in [2.05, 4.69) is 0 Å². The maximum absolute atomic E-state index is 13.4. The van der Waals surface area contributed by atoms with Crippen LogP contribution in [0.2, 0.25) is 0 Å². The molecule has 3 aromatic carbocycles. The monoisotopic (exact) mass is 622 g/mol. The number of carbonyl (C=O) groups excluding carboxylic acids is 3. The van der Waals surface area contributed by atoms with E-state index >= 15 is 0 Å². The molecule has 12 heteroatoms. The van der Waals surface area contributed by atoms with Crippen LogP contribution in [0.1, 0.15) is 42.1 Å². The van der Waals surface area contributed by atoms with Crippen LogP contribution in [0, 0.1) is 5.41 Å². The second-order valence-corrected chi connectivity index (χ2v) is 10.9. The number of hydrogen-bond acceptors (Lipinski definition) is 9. The maximum Gasteiger partial charge on any atom is 0.338 e. The number of nitrogens with one attached hydrogen (secondary N) is 1. The van der Waals surface area contributed by atoms with Gasteiger partial charge in [0.05, 0.1) is 26.9 Å². The van der Waals surface area contributed by atoms with Crippen LogP contribution in [-0.4, -0.2) is 58.3 Å². The summed E-state index contributed by atoms with van der Waals surface area (Å²) in [6, 6.07) is 16.7. The van der Waals surface area contributed by atoms with Crippen molar-refractivity contribution >= 4 is 58.6 Å². The fourth-order valence-corrected chi connectivity index (χ4v) is 3.93. The molecule has 1 unspecified atom stereocenters. The minimum absolute atomic E-state index is 0.116. The predicted molar refractivity (Wildman–Crippen MR) is 150 cm³/mol. The van der Waals surface area contributed by atoms with E-state index in [-0.39, 0.29) is 34.8 Å². The minimum atomic E-state index is -2.37. The Morgan fingerprint density at radius 1 is 0.707 bits per heavy atom. The minimum Gasteiger partial charge on any atom is -0.452 e. The summed E-state index contributed by atoms with van der Waals surface area (Å²) in [6.45, 7) is 1.43. The highest BCUT2D eigenvalue weighted by Gasteiger charge is 2.53. The zero-order valence-electron chi connectivity index (χ0n) is 24.2. The molecule has 1 aliphatic heterocycles. The molecule has 3 aromatic rings. The molecular weight excluding hydrogens is 597 g/mol. The average Bonchev–Trinajstić information content (AvgIpc) is 2.96. The van der Waals surface area contributed by atoms with Crippen LogP contribution in [0.5, 0.6) is 0 Å². The highest BCUT2D eigenvalue weighted by Crippen LogP contribution is 2.34. The molecule has 0 aromatic heterocycles. The number of ether oxygens (including phenoxy) is 5. The first-order chi connectivity index (χ1) is 20.8. The van der Waals surface area contributed by atoms with Gasteiger partial charge < -0.3 is 23.7 Å². The maximum atomic E-state index is 13.4. The SMILES string of the molecule is [2H]c1ccccc1C(=O)O[C@@H]1[C@@H](OC(=O)c2ccccc2[2H])[C@@H](OC(=O)c2ccccc2[2H])C(OC(=N)C(Cl)(Cl)Cl)O[C@H]1C. The van der Waals surface area contributed by atoms with Crippen molar-refractivity contribution in [2.45, 2.75) is 41.4 Å². The van der Waals surface area contributed by atoms with E-state index < -0.39 is 58.3 Å². The van der Waals surface area contributed by atoms with Crippen molar-refractivity contribution in [3.05, 3.63) is 108 Å². The van der Waals surface area contributed by atoms with Crippen molar-refractivity contribution in [2.24, 2.45) is 0 Å². The van der Waals surface area contributed by atoms with Gasteiger partial charge in [-0.1, -0.05) is 89.4 Å². The molecule has 1 N–H and O–H groups in total. The lowest BCUT2D eigenvalue weighted by atomic mass is 9.98. The van der Waals surface area contributed by atoms with Gasteiger partial charge in [0.1, 0.15) is 0 Å². The highest BCUT2D eigenvalue weighted by atomic mass is 35.6. The summed E-state index contributed by atoms with van der Waals surface area (Å²) in [7, 11) is 0. The van der Waals surface area contributed by atoms with Gasteiger partial charge in [0.25, 0.3) is 3.79 Å². The second-order valence-electron chi connectivity index (χ2n) is 8.59. The molecule has 0 amide bonds. The molecule has 214 valence electrons. The van der Waals surface area contributed by atoms with Crippen molar-refractivity contribution in [3.63, 3.8) is 0 Å². The Morgan fingerprint density at radius 3 is 1.54 bits per heavy atom. The van der Waals surface area contributed by atoms with Crippen LogP contribution < -0.4 is 0 Å². The lowest BCUT2D eigenvalue weighted by Crippen LogP contribution is -2.62. The Kier molecular flexibility index (Phi) is 8.56. The largest absolute Gasteiger partial charge is 0.452 e. The Balaban J connectivity index is 1.78. The number of benzene rings is 3. The summed E-state index contributed by atoms with van der Waals surface area (Å²) in [5.74, 6) is -4.03. The first kappa shape index (κ1) is 26.3. The van der Waals surface area contributed by atoms with Crippen molar-refractivity contribution in [1.82, 2.24) is 0 Å². The van der Waals surface area contributed by atoms with Gasteiger partial charge in [0.2, 0.25) is 18.3 Å². The molecule has 5 atom stereocenters. The van der Waals surface area contributed by atoms with Gasteiger partial charge in [-0.05, 0) is 43.3 Å². The summed E-state index contributed by atoms with van der Waals surface area (Å²) < 4.78 is 50.3. The lowest BCUT2D eigenvalue weighted by molar-refractivity contribution is -0.270. The Morgan fingerprint density at radius 2 is 1.12 bits per heavy atom. The number of hydrogen-bond donors (Lipinski definition) is 1. The van der Waals surface area contributed by atoms with Crippen molar-refractivity contribution in [1.29, 1.82) is 5.41 Å². The zero-order valence-corrected chi connectivity index (χ0v) is 23.5. The molecule has 1 heterocycles. The molecule has 0 saturated carbocycles. The number of rotatable bonds is 7. The zero-order chi connectivity index (χ0) is 32.2. The van der Waals surface area contributed by atoms with Crippen LogP contribution in [0.25, 0.3) is 0 Å². The number of esters is 3. The normalized spacial score (nSPS) is 23.2. The fraction of sp³-hybridized carbons (Fsp3) is 0.241. The van der Waals surface area contributed by atoms with Gasteiger partial charge in [-0.25, -0.2) is 14.4 Å². The smallest absolute Gasteiger partial charge is 0.338 e. The van der Waals surface area contributed by atoms with Crippen LogP contribution in [0.3, 0.4) is 0 Å². The van der Waals surface area contributed by atoms with Crippen LogP contribution >= 0.6 is 34.8 Å². The van der Waals surface area contributed by atoms with Crippen molar-refractivity contribution < 1.29 is 42.2 Å². The molecule has 1 aliphatic rings. The molecule has 0 bridgehead atoms. The predicted octanol–water partition coefficient (Wildman–Crippen LogP) is 5.77. The van der Waals surface area contributed by atoms with Gasteiger partial charge in [0, 0.05) is 0 Å². The third-order valence-electron chi connectivity index (χ3n) is 5.74. The van der Waals surface area contributed by atoms with E-state index in [1.165, 1.54) is 73.7 Å². The number of halogens is 3. The molecule has 0 aliphatic carbocycles. The van der Waals surface area contributed by atoms with Crippen molar-refractivity contribution in [2.75, 3.05) is 0 Å². The van der Waals surface area contributed by atoms with E-state index in [0.29, 0.717) is 0 Å². The molecule has 41 heavy (non-hydrogen) atoms. The topological polar surface area (TPSA) is 121 Å². The summed E-state index contributed by atoms with van der Waals surface area (Å²) in [5, 5.41) is 8.08. The van der Waals surface area contributed by atoms with E-state index in [9.17, 15) is 14.4 Å². The summed E-state index contributed by atoms with van der Waals surface area (Å²) in [5.41, 5.74) is -0.463. The quantitative estimate of drug-likeness (QED) is 0.116. The van der Waals surface area contributed by atoms with E-state index in [1.54, 1.807) is 6.07 Å². The van der Waals surface area contributed by atoms with Gasteiger partial charge in [0.15, 0.2) is 12.2 Å². The molecular formula is C29H24Cl3NO8. The number of alkyl halides is 3. The summed E-state index contributed by atoms with van der Waals surface area (Å²) in [4.78, 5) is 39.9. The molecule has 0 radical (unpaired) electrons. The standard InChI is InChI=1S/C29H24Cl3NO8/c1-17-21(38-24(34)18-11-5-2-6-12-18)22(39-25(35)19-13-7-3-8-14-19)23(27(37-17)41-28(33)29(30,31)32)40-26(36)20-15-9-4-10-16-20/h2-17,21-23,27,33H,1H3/t17-,21-,22+,23+,27?/m0/s1/i11D,13D,15D. The molecule has 9 nitrogen and oxygen atoms in total. The molecule has 0 spiro atoms. The summed E-state index contributed by atoms with van der Waals surface area (Å²) >= 11 is 17.4. The average molecular weight is 624 g/mol.